The molecule has 0 saturated carbocycles. The van der Waals surface area contributed by atoms with Gasteiger partial charge in [-0.1, -0.05) is 6.92 Å². The molecule has 1 saturated heterocycles. The van der Waals surface area contributed by atoms with E-state index in [0.717, 1.165) is 12.8 Å². The molecule has 1 fully saturated rings. The van der Waals surface area contributed by atoms with Gasteiger partial charge in [-0.15, -0.1) is 5.10 Å². The molecule has 0 unspecified atom stereocenters. The van der Waals surface area contributed by atoms with Crippen LogP contribution in [-0.2, 0) is 10.0 Å². The molecule has 0 spiro atoms. The first kappa shape index (κ1) is 19.6. The molecule has 3 rings (SSSR count). The Morgan fingerprint density at radius 2 is 1.93 bits per heavy atom. The second-order valence-electron chi connectivity index (χ2n) is 6.50. The molecule has 2 aromatic rings. The van der Waals surface area contributed by atoms with Crippen molar-refractivity contribution in [2.75, 3.05) is 26.3 Å². The van der Waals surface area contributed by atoms with Crippen molar-refractivity contribution in [2.45, 2.75) is 38.5 Å². The van der Waals surface area contributed by atoms with Crippen LogP contribution in [0.5, 0.6) is 11.5 Å². The lowest BCUT2D eigenvalue weighted by Gasteiger charge is -2.30. The fraction of sp³-hybridized carbons (Fsp3) is 0.588. The molecule has 0 bridgehead atoms. The van der Waals surface area contributed by atoms with Gasteiger partial charge >= 0.3 is 0 Å². The maximum absolute atomic E-state index is 13.3. The predicted octanol–water partition coefficient (Wildman–Crippen LogP) is 1.88. The van der Waals surface area contributed by atoms with E-state index in [2.05, 4.69) is 22.4 Å². The summed E-state index contributed by atoms with van der Waals surface area (Å²) in [4.78, 5) is 0.110. The quantitative estimate of drug-likeness (QED) is 0.706. The first-order chi connectivity index (χ1) is 13.0. The van der Waals surface area contributed by atoms with Gasteiger partial charge in [0.25, 0.3) is 0 Å². The van der Waals surface area contributed by atoms with E-state index in [9.17, 15) is 8.42 Å². The third kappa shape index (κ3) is 4.06. The molecule has 10 heteroatoms. The number of rotatable bonds is 7. The van der Waals surface area contributed by atoms with Crippen LogP contribution in [0.1, 0.15) is 33.6 Å². The Bertz CT molecular complexity index is 870. The van der Waals surface area contributed by atoms with Crippen LogP contribution in [0.25, 0.3) is 5.69 Å². The van der Waals surface area contributed by atoms with Gasteiger partial charge < -0.3 is 9.47 Å². The lowest BCUT2D eigenvalue weighted by Crippen LogP contribution is -2.39. The van der Waals surface area contributed by atoms with Crippen LogP contribution < -0.4 is 9.47 Å². The molecule has 1 aromatic heterocycles. The molecule has 0 N–H and O–H groups in total. The van der Waals surface area contributed by atoms with E-state index >= 15 is 0 Å². The highest BCUT2D eigenvalue weighted by molar-refractivity contribution is 7.89. The minimum Gasteiger partial charge on any atom is -0.492 e. The second-order valence-corrected chi connectivity index (χ2v) is 8.40. The Hall–Kier alpha value is -2.20. The summed E-state index contributed by atoms with van der Waals surface area (Å²) >= 11 is 0. The van der Waals surface area contributed by atoms with Gasteiger partial charge in [0.2, 0.25) is 10.0 Å². The summed E-state index contributed by atoms with van der Waals surface area (Å²) in [7, 11) is -3.71. The predicted molar refractivity (Wildman–Crippen MR) is 98.6 cm³/mol. The number of hydrogen-bond donors (Lipinski definition) is 0. The van der Waals surface area contributed by atoms with Gasteiger partial charge in [0.1, 0.15) is 28.4 Å². The highest BCUT2D eigenvalue weighted by Crippen LogP contribution is 2.37. The van der Waals surface area contributed by atoms with Crippen molar-refractivity contribution in [3.05, 3.63) is 18.5 Å². The molecular formula is C17H25N5O4S. The lowest BCUT2D eigenvalue weighted by molar-refractivity contribution is 0.278. The fourth-order valence-corrected chi connectivity index (χ4v) is 4.95. The average molecular weight is 395 g/mol. The number of hydrogen-bond acceptors (Lipinski definition) is 7. The number of aromatic nitrogens is 4. The van der Waals surface area contributed by atoms with Crippen molar-refractivity contribution in [3.63, 3.8) is 0 Å². The highest BCUT2D eigenvalue weighted by Gasteiger charge is 2.32. The molecule has 27 heavy (non-hydrogen) atoms. The van der Waals surface area contributed by atoms with Crippen LogP contribution >= 0.6 is 0 Å². The van der Waals surface area contributed by atoms with Crippen LogP contribution in [0, 0.1) is 5.92 Å². The van der Waals surface area contributed by atoms with Crippen molar-refractivity contribution in [1.29, 1.82) is 0 Å². The highest BCUT2D eigenvalue weighted by atomic mass is 32.2. The third-order valence-electron chi connectivity index (χ3n) is 4.46. The van der Waals surface area contributed by atoms with Crippen LogP contribution in [0.4, 0.5) is 0 Å². The summed E-state index contributed by atoms with van der Waals surface area (Å²) in [6.45, 7) is 7.44. The summed E-state index contributed by atoms with van der Waals surface area (Å²) in [6.07, 6.45) is 3.31. The van der Waals surface area contributed by atoms with Gasteiger partial charge in [-0.3, -0.25) is 0 Å². The van der Waals surface area contributed by atoms with Gasteiger partial charge in [-0.25, -0.2) is 8.42 Å². The van der Waals surface area contributed by atoms with Gasteiger partial charge in [0, 0.05) is 25.2 Å². The van der Waals surface area contributed by atoms with Crippen LogP contribution in [-0.4, -0.2) is 59.2 Å². The SMILES string of the molecule is CCOc1cc(S(=O)(=O)N2CCC[C@@H](C)C2)c(OCC)cc1-n1cnnn1. The molecule has 1 aromatic carbocycles. The molecule has 1 aliphatic rings. The number of sulfonamides is 1. The van der Waals surface area contributed by atoms with Crippen molar-refractivity contribution in [3.8, 4) is 17.2 Å². The largest absolute Gasteiger partial charge is 0.492 e. The minimum atomic E-state index is -3.71. The normalized spacial score (nSPS) is 18.4. The number of piperidine rings is 1. The van der Waals surface area contributed by atoms with Gasteiger partial charge in [-0.2, -0.15) is 8.99 Å². The molecule has 0 radical (unpaired) electrons. The Kier molecular flexibility index (Phi) is 5.95. The standard InChI is InChI=1S/C17H25N5O4S/c1-4-25-15-10-17(27(23,24)21-8-6-7-13(3)11-21)16(26-5-2)9-14(15)22-12-18-19-20-22/h9-10,12-13H,4-8,11H2,1-3H3/t13-/m1/s1. The Morgan fingerprint density at radius 1 is 1.19 bits per heavy atom. The smallest absolute Gasteiger partial charge is 0.246 e. The zero-order valence-electron chi connectivity index (χ0n) is 15.8. The van der Waals surface area contributed by atoms with E-state index in [0.29, 0.717) is 43.7 Å². The van der Waals surface area contributed by atoms with E-state index in [-0.39, 0.29) is 10.6 Å². The molecule has 0 amide bonds. The Morgan fingerprint density at radius 3 is 2.56 bits per heavy atom. The van der Waals surface area contributed by atoms with E-state index in [1.165, 1.54) is 21.4 Å². The van der Waals surface area contributed by atoms with Gasteiger partial charge in [0.15, 0.2) is 0 Å². The maximum atomic E-state index is 13.3. The summed E-state index contributed by atoms with van der Waals surface area (Å²) in [5, 5.41) is 11.2. The van der Waals surface area contributed by atoms with Crippen LogP contribution in [0.3, 0.4) is 0 Å². The number of nitrogens with zero attached hydrogens (tertiary/aromatic N) is 5. The number of benzene rings is 1. The van der Waals surface area contributed by atoms with Crippen molar-refractivity contribution < 1.29 is 17.9 Å². The number of tetrazole rings is 1. The molecule has 2 heterocycles. The maximum Gasteiger partial charge on any atom is 0.246 e. The Balaban J connectivity index is 2.11. The molecule has 9 nitrogen and oxygen atoms in total. The van der Waals surface area contributed by atoms with E-state index < -0.39 is 10.0 Å². The first-order valence-corrected chi connectivity index (χ1v) is 10.6. The molecule has 148 valence electrons. The molecule has 0 aliphatic carbocycles. The Labute approximate surface area is 159 Å². The molecule has 1 aliphatic heterocycles. The summed E-state index contributed by atoms with van der Waals surface area (Å²) in [6, 6.07) is 3.13. The number of ether oxygens (including phenoxy) is 2. The van der Waals surface area contributed by atoms with E-state index in [4.69, 9.17) is 9.47 Å². The van der Waals surface area contributed by atoms with Crippen molar-refractivity contribution >= 4 is 10.0 Å². The van der Waals surface area contributed by atoms with Gasteiger partial charge in [-0.05, 0) is 43.0 Å². The zero-order chi connectivity index (χ0) is 19.4. The zero-order valence-corrected chi connectivity index (χ0v) is 16.6. The molecule has 1 atom stereocenters. The third-order valence-corrected chi connectivity index (χ3v) is 6.34. The monoisotopic (exact) mass is 395 g/mol. The molecular weight excluding hydrogens is 370 g/mol. The summed E-state index contributed by atoms with van der Waals surface area (Å²) in [5.74, 6) is 0.984. The fourth-order valence-electron chi connectivity index (χ4n) is 3.23. The topological polar surface area (TPSA) is 99.4 Å². The lowest BCUT2D eigenvalue weighted by atomic mass is 10.0. The van der Waals surface area contributed by atoms with E-state index in [1.54, 1.807) is 6.07 Å². The van der Waals surface area contributed by atoms with Crippen LogP contribution in [0.2, 0.25) is 0 Å². The first-order valence-electron chi connectivity index (χ1n) is 9.14. The van der Waals surface area contributed by atoms with Crippen molar-refractivity contribution in [2.24, 2.45) is 5.92 Å². The van der Waals surface area contributed by atoms with Crippen LogP contribution in [0.15, 0.2) is 23.4 Å². The summed E-state index contributed by atoms with van der Waals surface area (Å²) < 4.78 is 41.0. The summed E-state index contributed by atoms with van der Waals surface area (Å²) in [5.41, 5.74) is 0.524. The minimum absolute atomic E-state index is 0.110. The van der Waals surface area contributed by atoms with Gasteiger partial charge in [0.05, 0.1) is 13.2 Å². The second kappa shape index (κ2) is 8.22. The van der Waals surface area contributed by atoms with E-state index in [1.807, 2.05) is 13.8 Å². The average Bonchev–Trinajstić information content (AvgIpc) is 3.17. The van der Waals surface area contributed by atoms with Crippen molar-refractivity contribution in [1.82, 2.24) is 24.5 Å².